The first kappa shape index (κ1) is 10.9. The Morgan fingerprint density at radius 1 is 1.33 bits per heavy atom. The van der Waals surface area contributed by atoms with Crippen molar-refractivity contribution in [3.8, 4) is 0 Å². The van der Waals surface area contributed by atoms with Gasteiger partial charge in [0.1, 0.15) is 10.8 Å². The summed E-state index contributed by atoms with van der Waals surface area (Å²) in [6.07, 6.45) is 3.73. The van der Waals surface area contributed by atoms with Crippen LogP contribution in [-0.4, -0.2) is 21.4 Å². The molecular formula is C11H15FN2S. The van der Waals surface area contributed by atoms with Gasteiger partial charge in [-0.05, 0) is 50.8 Å². The molecule has 1 aliphatic rings. The molecule has 0 aromatic carbocycles. The summed E-state index contributed by atoms with van der Waals surface area (Å²) >= 11 is 1.63. The molecule has 0 saturated carbocycles. The molecule has 1 aliphatic heterocycles. The Balaban J connectivity index is 2.04. The topological polar surface area (TPSA) is 16.1 Å². The number of aromatic nitrogens is 1. The number of nitrogens with zero attached hydrogens (tertiary/aromatic N) is 2. The minimum Gasteiger partial charge on any atom is -0.246 e. The third kappa shape index (κ3) is 2.49. The van der Waals surface area contributed by atoms with Gasteiger partial charge in [-0.25, -0.2) is 13.7 Å². The van der Waals surface area contributed by atoms with E-state index in [2.05, 4.69) is 23.1 Å². The van der Waals surface area contributed by atoms with Crippen molar-refractivity contribution in [3.05, 3.63) is 24.1 Å². The quantitative estimate of drug-likeness (QED) is 0.721. The van der Waals surface area contributed by atoms with E-state index < -0.39 is 0 Å². The fourth-order valence-electron chi connectivity index (χ4n) is 1.88. The summed E-state index contributed by atoms with van der Waals surface area (Å²) in [7, 11) is 0. The van der Waals surface area contributed by atoms with Crippen molar-refractivity contribution in [2.24, 2.45) is 0 Å². The zero-order valence-corrected chi connectivity index (χ0v) is 9.80. The van der Waals surface area contributed by atoms with Crippen LogP contribution < -0.4 is 0 Å². The Hall–Kier alpha value is -0.610. The Labute approximate surface area is 94.0 Å². The van der Waals surface area contributed by atoms with Crippen LogP contribution in [0, 0.1) is 5.82 Å². The number of pyridine rings is 1. The van der Waals surface area contributed by atoms with E-state index in [1.807, 2.05) is 0 Å². The fourth-order valence-corrected chi connectivity index (χ4v) is 2.89. The van der Waals surface area contributed by atoms with Crippen molar-refractivity contribution in [1.82, 2.24) is 9.29 Å². The molecule has 1 aromatic heterocycles. The van der Waals surface area contributed by atoms with Crippen LogP contribution in [0.25, 0.3) is 0 Å². The van der Waals surface area contributed by atoms with Crippen molar-refractivity contribution in [1.29, 1.82) is 0 Å². The molecule has 2 heterocycles. The maximum atomic E-state index is 12.7. The number of hydrogen-bond acceptors (Lipinski definition) is 3. The Morgan fingerprint density at radius 3 is 2.53 bits per heavy atom. The molecule has 2 atom stereocenters. The maximum absolute atomic E-state index is 12.7. The molecule has 0 spiro atoms. The summed E-state index contributed by atoms with van der Waals surface area (Å²) in [5, 5.41) is 0.872. The van der Waals surface area contributed by atoms with Gasteiger partial charge in [-0.1, -0.05) is 0 Å². The first-order chi connectivity index (χ1) is 7.16. The second kappa shape index (κ2) is 4.49. The predicted molar refractivity (Wildman–Crippen MR) is 60.0 cm³/mol. The molecule has 2 nitrogen and oxygen atoms in total. The van der Waals surface area contributed by atoms with Crippen LogP contribution in [-0.2, 0) is 0 Å². The molecule has 4 heteroatoms. The molecule has 0 bridgehead atoms. The molecular weight excluding hydrogens is 211 g/mol. The first-order valence-corrected chi connectivity index (χ1v) is 6.02. The van der Waals surface area contributed by atoms with Crippen molar-refractivity contribution < 1.29 is 4.39 Å². The SMILES string of the molecule is CC1CCC(C)N1Sc1ccc(F)cn1. The van der Waals surface area contributed by atoms with Crippen molar-refractivity contribution in [3.63, 3.8) is 0 Å². The smallest absolute Gasteiger partial charge is 0.141 e. The summed E-state index contributed by atoms with van der Waals surface area (Å²) in [4.78, 5) is 4.06. The second-order valence-corrected chi connectivity index (χ2v) is 5.06. The van der Waals surface area contributed by atoms with E-state index >= 15 is 0 Å². The predicted octanol–water partition coefficient (Wildman–Crippen LogP) is 3.10. The van der Waals surface area contributed by atoms with Gasteiger partial charge in [-0.2, -0.15) is 0 Å². The third-order valence-corrected chi connectivity index (χ3v) is 4.13. The van der Waals surface area contributed by atoms with Gasteiger partial charge in [0.15, 0.2) is 0 Å². The highest BCUT2D eigenvalue weighted by molar-refractivity contribution is 7.97. The lowest BCUT2D eigenvalue weighted by Gasteiger charge is -2.23. The molecule has 1 saturated heterocycles. The number of hydrogen-bond donors (Lipinski definition) is 0. The molecule has 0 amide bonds. The van der Waals surface area contributed by atoms with Gasteiger partial charge < -0.3 is 0 Å². The second-order valence-electron chi connectivity index (χ2n) is 4.04. The Morgan fingerprint density at radius 2 is 2.00 bits per heavy atom. The van der Waals surface area contributed by atoms with Crippen LogP contribution >= 0.6 is 11.9 Å². The lowest BCUT2D eigenvalue weighted by Crippen LogP contribution is -2.25. The van der Waals surface area contributed by atoms with Gasteiger partial charge in [-0.15, -0.1) is 0 Å². The molecule has 15 heavy (non-hydrogen) atoms. The summed E-state index contributed by atoms with van der Waals surface area (Å²) in [6.45, 7) is 4.44. The van der Waals surface area contributed by atoms with Gasteiger partial charge in [0.05, 0.1) is 6.20 Å². The van der Waals surface area contributed by atoms with Crippen LogP contribution in [0.1, 0.15) is 26.7 Å². The van der Waals surface area contributed by atoms with Crippen LogP contribution in [0.15, 0.2) is 23.4 Å². The van der Waals surface area contributed by atoms with E-state index in [1.165, 1.54) is 25.1 Å². The third-order valence-electron chi connectivity index (χ3n) is 2.77. The monoisotopic (exact) mass is 226 g/mol. The van der Waals surface area contributed by atoms with E-state index in [1.54, 1.807) is 18.0 Å². The van der Waals surface area contributed by atoms with Crippen molar-refractivity contribution >= 4 is 11.9 Å². The van der Waals surface area contributed by atoms with E-state index in [4.69, 9.17) is 0 Å². The maximum Gasteiger partial charge on any atom is 0.141 e. The summed E-state index contributed by atoms with van der Waals surface area (Å²) in [6, 6.07) is 4.35. The van der Waals surface area contributed by atoms with Crippen LogP contribution in [0.3, 0.4) is 0 Å². The van der Waals surface area contributed by atoms with E-state index in [-0.39, 0.29) is 5.82 Å². The summed E-state index contributed by atoms with van der Waals surface area (Å²) in [5.74, 6) is -0.276. The highest BCUT2D eigenvalue weighted by Gasteiger charge is 2.28. The number of rotatable bonds is 2. The van der Waals surface area contributed by atoms with Gasteiger partial charge in [0, 0.05) is 12.1 Å². The molecule has 2 unspecified atom stereocenters. The zero-order chi connectivity index (χ0) is 10.8. The average Bonchev–Trinajstić information content (AvgIpc) is 2.53. The van der Waals surface area contributed by atoms with Crippen molar-refractivity contribution in [2.45, 2.75) is 43.8 Å². The van der Waals surface area contributed by atoms with Gasteiger partial charge in [-0.3, -0.25) is 0 Å². The molecule has 0 N–H and O–H groups in total. The number of halogens is 1. The normalized spacial score (nSPS) is 27.1. The molecule has 0 radical (unpaired) electrons. The summed E-state index contributed by atoms with van der Waals surface area (Å²) in [5.41, 5.74) is 0. The van der Waals surface area contributed by atoms with E-state index in [0.29, 0.717) is 12.1 Å². The van der Waals surface area contributed by atoms with Gasteiger partial charge >= 0.3 is 0 Å². The summed E-state index contributed by atoms with van der Waals surface area (Å²) < 4.78 is 15.0. The average molecular weight is 226 g/mol. The van der Waals surface area contributed by atoms with E-state index in [9.17, 15) is 4.39 Å². The minimum absolute atomic E-state index is 0.276. The van der Waals surface area contributed by atoms with Crippen LogP contribution in [0.2, 0.25) is 0 Å². The lowest BCUT2D eigenvalue weighted by molar-refractivity contribution is 0.393. The molecule has 1 aromatic rings. The first-order valence-electron chi connectivity index (χ1n) is 5.24. The van der Waals surface area contributed by atoms with Crippen LogP contribution in [0.4, 0.5) is 4.39 Å². The molecule has 0 aliphatic carbocycles. The standard InChI is InChI=1S/C11H15FN2S/c1-8-3-4-9(2)14(8)15-11-6-5-10(12)7-13-11/h5-9H,3-4H2,1-2H3. The van der Waals surface area contributed by atoms with Crippen LogP contribution in [0.5, 0.6) is 0 Å². The lowest BCUT2D eigenvalue weighted by atomic mass is 10.2. The molecule has 82 valence electrons. The van der Waals surface area contributed by atoms with Gasteiger partial charge in [0.2, 0.25) is 0 Å². The van der Waals surface area contributed by atoms with Crippen molar-refractivity contribution in [2.75, 3.05) is 0 Å². The highest BCUT2D eigenvalue weighted by atomic mass is 32.2. The largest absolute Gasteiger partial charge is 0.246 e. The molecule has 1 fully saturated rings. The molecule has 2 rings (SSSR count). The van der Waals surface area contributed by atoms with Gasteiger partial charge in [0.25, 0.3) is 0 Å². The highest BCUT2D eigenvalue weighted by Crippen LogP contribution is 2.33. The Kier molecular flexibility index (Phi) is 3.26. The van der Waals surface area contributed by atoms with E-state index in [0.717, 1.165) is 5.03 Å². The fraction of sp³-hybridized carbons (Fsp3) is 0.545. The minimum atomic E-state index is -0.276. The Bertz CT molecular complexity index is 318. The zero-order valence-electron chi connectivity index (χ0n) is 8.98.